The van der Waals surface area contributed by atoms with E-state index < -0.39 is 22.4 Å². The number of nitrogens with zero attached hydrogens (tertiary/aromatic N) is 2. The number of hydrogen-bond donors (Lipinski definition) is 1. The summed E-state index contributed by atoms with van der Waals surface area (Å²) >= 11 is 0. The molecular formula is C13H9FN2O5. The second-order valence-electron chi connectivity index (χ2n) is 4.06. The summed E-state index contributed by atoms with van der Waals surface area (Å²) in [7, 11) is 0. The standard InChI is InChI=1S/C13H9FN2O5/c1-7-9(13(17)18)3-5-12(15-7)21-8-2-4-11(16(19)20)10(14)6-8/h2-6H,1H3,(H,17,18). The molecule has 8 heteroatoms. The molecule has 21 heavy (non-hydrogen) atoms. The van der Waals surface area contributed by atoms with Crippen molar-refractivity contribution in [3.63, 3.8) is 0 Å². The number of pyridine rings is 1. The molecule has 0 aliphatic rings. The molecule has 2 aromatic rings. The van der Waals surface area contributed by atoms with Gasteiger partial charge in [0.1, 0.15) is 5.75 Å². The molecule has 0 unspecified atom stereocenters. The van der Waals surface area contributed by atoms with Gasteiger partial charge >= 0.3 is 11.7 Å². The molecule has 0 amide bonds. The van der Waals surface area contributed by atoms with Gasteiger partial charge in [-0.2, -0.15) is 4.39 Å². The molecule has 0 atom stereocenters. The molecule has 1 heterocycles. The minimum absolute atomic E-state index is 0.0214. The summed E-state index contributed by atoms with van der Waals surface area (Å²) in [4.78, 5) is 24.4. The van der Waals surface area contributed by atoms with E-state index in [0.717, 1.165) is 12.1 Å². The topological polar surface area (TPSA) is 103 Å². The molecular weight excluding hydrogens is 283 g/mol. The zero-order chi connectivity index (χ0) is 15.6. The van der Waals surface area contributed by atoms with E-state index in [1.165, 1.54) is 25.1 Å². The smallest absolute Gasteiger partial charge is 0.337 e. The first-order valence-corrected chi connectivity index (χ1v) is 5.71. The van der Waals surface area contributed by atoms with Crippen LogP contribution >= 0.6 is 0 Å². The molecule has 0 radical (unpaired) electrons. The van der Waals surface area contributed by atoms with E-state index in [0.29, 0.717) is 0 Å². The van der Waals surface area contributed by atoms with Crippen LogP contribution in [0.15, 0.2) is 30.3 Å². The van der Waals surface area contributed by atoms with Crippen molar-refractivity contribution in [3.8, 4) is 11.6 Å². The molecule has 1 aromatic carbocycles. The van der Waals surface area contributed by atoms with Gasteiger partial charge in [0.15, 0.2) is 0 Å². The molecule has 0 bridgehead atoms. The number of halogens is 1. The number of hydrogen-bond acceptors (Lipinski definition) is 5. The van der Waals surface area contributed by atoms with Crippen molar-refractivity contribution in [2.45, 2.75) is 6.92 Å². The number of benzene rings is 1. The Kier molecular flexibility index (Phi) is 3.79. The lowest BCUT2D eigenvalue weighted by Gasteiger charge is -2.07. The maximum absolute atomic E-state index is 13.4. The van der Waals surface area contributed by atoms with Gasteiger partial charge in [-0.15, -0.1) is 0 Å². The van der Waals surface area contributed by atoms with Crippen LogP contribution in [-0.2, 0) is 0 Å². The zero-order valence-corrected chi connectivity index (χ0v) is 10.7. The summed E-state index contributed by atoms with van der Waals surface area (Å²) < 4.78 is 18.7. The summed E-state index contributed by atoms with van der Waals surface area (Å²) in [5.74, 6) is -2.07. The summed E-state index contributed by atoms with van der Waals surface area (Å²) in [6.07, 6.45) is 0. The largest absolute Gasteiger partial charge is 0.478 e. The third kappa shape index (κ3) is 3.11. The number of aryl methyl sites for hydroxylation is 1. The lowest BCUT2D eigenvalue weighted by Crippen LogP contribution is -2.02. The van der Waals surface area contributed by atoms with E-state index in [4.69, 9.17) is 9.84 Å². The fraction of sp³-hybridized carbons (Fsp3) is 0.0769. The number of aromatic nitrogens is 1. The minimum Gasteiger partial charge on any atom is -0.478 e. The Morgan fingerprint density at radius 2 is 2.10 bits per heavy atom. The van der Waals surface area contributed by atoms with Crippen LogP contribution in [0.3, 0.4) is 0 Å². The number of aromatic carboxylic acids is 1. The average Bonchev–Trinajstić information content (AvgIpc) is 2.37. The molecule has 0 saturated heterocycles. The highest BCUT2D eigenvalue weighted by Crippen LogP contribution is 2.26. The third-order valence-electron chi connectivity index (χ3n) is 2.63. The summed E-state index contributed by atoms with van der Waals surface area (Å²) in [5, 5.41) is 19.4. The van der Waals surface area contributed by atoms with E-state index in [1.54, 1.807) is 0 Å². The fourth-order valence-electron chi connectivity index (χ4n) is 1.64. The van der Waals surface area contributed by atoms with Gasteiger partial charge in [-0.05, 0) is 19.1 Å². The predicted molar refractivity (Wildman–Crippen MR) is 69.1 cm³/mol. The van der Waals surface area contributed by atoms with Crippen LogP contribution < -0.4 is 4.74 Å². The Morgan fingerprint density at radius 3 is 2.62 bits per heavy atom. The van der Waals surface area contributed by atoms with E-state index in [-0.39, 0.29) is 22.9 Å². The first-order valence-electron chi connectivity index (χ1n) is 5.71. The van der Waals surface area contributed by atoms with Crippen LogP contribution in [0.25, 0.3) is 0 Å². The van der Waals surface area contributed by atoms with Gasteiger partial charge in [-0.3, -0.25) is 10.1 Å². The second-order valence-corrected chi connectivity index (χ2v) is 4.06. The van der Waals surface area contributed by atoms with Crippen molar-refractivity contribution in [1.82, 2.24) is 4.98 Å². The van der Waals surface area contributed by atoms with E-state index in [2.05, 4.69) is 4.98 Å². The van der Waals surface area contributed by atoms with Gasteiger partial charge < -0.3 is 9.84 Å². The zero-order valence-electron chi connectivity index (χ0n) is 10.7. The maximum Gasteiger partial charge on any atom is 0.337 e. The van der Waals surface area contributed by atoms with Crippen LogP contribution in [0.5, 0.6) is 11.6 Å². The van der Waals surface area contributed by atoms with E-state index in [1.807, 2.05) is 0 Å². The summed E-state index contributed by atoms with van der Waals surface area (Å²) in [5.41, 5.74) is -0.396. The van der Waals surface area contributed by atoms with Gasteiger partial charge in [0.05, 0.1) is 16.2 Å². The van der Waals surface area contributed by atoms with Gasteiger partial charge in [0.25, 0.3) is 0 Å². The number of carbonyl (C=O) groups is 1. The number of nitro benzene ring substituents is 1. The Balaban J connectivity index is 2.26. The van der Waals surface area contributed by atoms with Gasteiger partial charge in [-0.1, -0.05) is 0 Å². The van der Waals surface area contributed by atoms with Crippen molar-refractivity contribution >= 4 is 11.7 Å². The molecule has 0 saturated carbocycles. The van der Waals surface area contributed by atoms with Crippen molar-refractivity contribution in [1.29, 1.82) is 0 Å². The molecule has 1 aromatic heterocycles. The van der Waals surface area contributed by atoms with Crippen molar-refractivity contribution in [3.05, 3.63) is 57.5 Å². The molecule has 0 aliphatic heterocycles. The lowest BCUT2D eigenvalue weighted by atomic mass is 10.2. The number of carboxylic acids is 1. The summed E-state index contributed by atoms with van der Waals surface area (Å²) in [6, 6.07) is 5.68. The van der Waals surface area contributed by atoms with Crippen molar-refractivity contribution in [2.75, 3.05) is 0 Å². The Morgan fingerprint density at radius 1 is 1.38 bits per heavy atom. The van der Waals surface area contributed by atoms with Crippen LogP contribution in [-0.4, -0.2) is 21.0 Å². The predicted octanol–water partition coefficient (Wildman–Crippen LogP) is 2.93. The monoisotopic (exact) mass is 292 g/mol. The highest BCUT2D eigenvalue weighted by atomic mass is 19.1. The van der Waals surface area contributed by atoms with Crippen LogP contribution in [0, 0.1) is 22.9 Å². The minimum atomic E-state index is -1.12. The highest BCUT2D eigenvalue weighted by molar-refractivity contribution is 5.88. The highest BCUT2D eigenvalue weighted by Gasteiger charge is 2.15. The quantitative estimate of drug-likeness (QED) is 0.686. The Bertz CT molecular complexity index is 671. The fourth-order valence-corrected chi connectivity index (χ4v) is 1.64. The maximum atomic E-state index is 13.4. The third-order valence-corrected chi connectivity index (χ3v) is 2.63. The van der Waals surface area contributed by atoms with Crippen LogP contribution in [0.1, 0.15) is 16.1 Å². The molecule has 0 spiro atoms. The number of rotatable bonds is 4. The number of nitro groups is 1. The van der Waals surface area contributed by atoms with Crippen LogP contribution in [0.4, 0.5) is 10.1 Å². The van der Waals surface area contributed by atoms with E-state index >= 15 is 0 Å². The second kappa shape index (κ2) is 5.53. The normalized spacial score (nSPS) is 10.2. The van der Waals surface area contributed by atoms with Crippen LogP contribution in [0.2, 0.25) is 0 Å². The number of ether oxygens (including phenoxy) is 1. The van der Waals surface area contributed by atoms with Crippen molar-refractivity contribution < 1.29 is 24.0 Å². The van der Waals surface area contributed by atoms with E-state index in [9.17, 15) is 19.3 Å². The molecule has 7 nitrogen and oxygen atoms in total. The molecule has 0 aliphatic carbocycles. The SMILES string of the molecule is Cc1nc(Oc2ccc([N+](=O)[O-])c(F)c2)ccc1C(=O)O. The first-order chi connectivity index (χ1) is 9.88. The molecule has 108 valence electrons. The average molecular weight is 292 g/mol. The van der Waals surface area contributed by atoms with Gasteiger partial charge in [0.2, 0.25) is 11.7 Å². The Labute approximate surface area is 117 Å². The molecule has 1 N–H and O–H groups in total. The van der Waals surface area contributed by atoms with Gasteiger partial charge in [-0.25, -0.2) is 9.78 Å². The Hall–Kier alpha value is -3.03. The van der Waals surface area contributed by atoms with Gasteiger partial charge in [0, 0.05) is 18.2 Å². The first kappa shape index (κ1) is 14.4. The number of carboxylic acid groups (broad SMARTS) is 1. The summed E-state index contributed by atoms with van der Waals surface area (Å²) in [6.45, 7) is 1.49. The van der Waals surface area contributed by atoms with Crippen molar-refractivity contribution in [2.24, 2.45) is 0 Å². The molecule has 2 rings (SSSR count). The molecule has 0 fully saturated rings. The lowest BCUT2D eigenvalue weighted by molar-refractivity contribution is -0.387.